The predicted octanol–water partition coefficient (Wildman–Crippen LogP) is 6.51. The molecule has 3 heteroatoms. The van der Waals surface area contributed by atoms with Gasteiger partial charge in [-0.3, -0.25) is 0 Å². The highest BCUT2D eigenvalue weighted by molar-refractivity contribution is 7.13. The summed E-state index contributed by atoms with van der Waals surface area (Å²) in [6, 6.07) is 11.0. The molecule has 24 heavy (non-hydrogen) atoms. The van der Waals surface area contributed by atoms with Gasteiger partial charge in [-0.05, 0) is 57.4 Å². The van der Waals surface area contributed by atoms with Crippen LogP contribution < -0.4 is 0 Å². The molecule has 0 unspecified atom stereocenters. The lowest BCUT2D eigenvalue weighted by Gasteiger charge is -2.15. The molecule has 0 fully saturated rings. The molecule has 0 aliphatic rings. The Morgan fingerprint density at radius 2 is 1.92 bits per heavy atom. The Morgan fingerprint density at radius 1 is 1.21 bits per heavy atom. The zero-order valence-electron chi connectivity index (χ0n) is 15.1. The summed E-state index contributed by atoms with van der Waals surface area (Å²) in [6.07, 6.45) is 0. The number of hydrogen-bond donors (Lipinski definition) is 0. The molecule has 0 spiro atoms. The van der Waals surface area contributed by atoms with Crippen molar-refractivity contribution in [2.45, 2.75) is 40.7 Å². The fraction of sp³-hybridized carbons (Fsp3) is 0.286. The third kappa shape index (κ3) is 2.84. The van der Waals surface area contributed by atoms with Gasteiger partial charge in [-0.1, -0.05) is 30.8 Å². The minimum Gasteiger partial charge on any atom is -0.340 e. The molecule has 2 nitrogen and oxygen atoms in total. The highest BCUT2D eigenvalue weighted by Gasteiger charge is 2.18. The van der Waals surface area contributed by atoms with Crippen molar-refractivity contribution in [3.8, 4) is 22.0 Å². The lowest BCUT2D eigenvalue weighted by Crippen LogP contribution is -2.05. The van der Waals surface area contributed by atoms with E-state index in [0.717, 1.165) is 16.3 Å². The van der Waals surface area contributed by atoms with Crippen molar-refractivity contribution in [3.63, 3.8) is 0 Å². The van der Waals surface area contributed by atoms with E-state index in [0.29, 0.717) is 6.04 Å². The van der Waals surface area contributed by atoms with Crippen molar-refractivity contribution in [2.24, 2.45) is 0 Å². The van der Waals surface area contributed by atoms with Crippen molar-refractivity contribution < 1.29 is 0 Å². The first kappa shape index (κ1) is 16.7. The number of thiazole rings is 1. The molecule has 1 aromatic carbocycles. The van der Waals surface area contributed by atoms with Crippen LogP contribution in [-0.4, -0.2) is 9.55 Å². The van der Waals surface area contributed by atoms with Crippen molar-refractivity contribution in [1.82, 2.24) is 9.55 Å². The molecule has 0 saturated heterocycles. The zero-order valence-corrected chi connectivity index (χ0v) is 15.9. The van der Waals surface area contributed by atoms with Crippen LogP contribution in [0.2, 0.25) is 0 Å². The molecule has 0 radical (unpaired) electrons. The Morgan fingerprint density at radius 3 is 2.54 bits per heavy atom. The largest absolute Gasteiger partial charge is 0.340 e. The average Bonchev–Trinajstić information content (AvgIpc) is 3.12. The Hall–Kier alpha value is -2.13. The van der Waals surface area contributed by atoms with Gasteiger partial charge in [0.1, 0.15) is 5.01 Å². The van der Waals surface area contributed by atoms with Crippen LogP contribution in [0.1, 0.15) is 43.6 Å². The second kappa shape index (κ2) is 6.40. The number of rotatable bonds is 4. The number of aromatic nitrogens is 2. The van der Waals surface area contributed by atoms with Crippen LogP contribution in [0.5, 0.6) is 0 Å². The van der Waals surface area contributed by atoms with Gasteiger partial charge in [0.2, 0.25) is 0 Å². The predicted molar refractivity (Wildman–Crippen MR) is 106 cm³/mol. The van der Waals surface area contributed by atoms with E-state index in [2.05, 4.69) is 81.5 Å². The van der Waals surface area contributed by atoms with Gasteiger partial charge < -0.3 is 4.57 Å². The highest BCUT2D eigenvalue weighted by Crippen LogP contribution is 2.35. The first-order chi connectivity index (χ1) is 11.4. The highest BCUT2D eigenvalue weighted by atomic mass is 32.1. The Kier molecular flexibility index (Phi) is 4.46. The van der Waals surface area contributed by atoms with Gasteiger partial charge >= 0.3 is 0 Å². The molecule has 0 amide bonds. The summed E-state index contributed by atoms with van der Waals surface area (Å²) in [4.78, 5) is 4.94. The van der Waals surface area contributed by atoms with Crippen LogP contribution in [0.4, 0.5) is 0 Å². The normalized spacial score (nSPS) is 11.2. The van der Waals surface area contributed by atoms with Gasteiger partial charge in [0, 0.05) is 22.7 Å². The summed E-state index contributed by atoms with van der Waals surface area (Å²) in [5.74, 6) is 0. The van der Waals surface area contributed by atoms with Crippen molar-refractivity contribution in [3.05, 3.63) is 59.1 Å². The monoisotopic (exact) mass is 336 g/mol. The smallest absolute Gasteiger partial charge is 0.124 e. The second-order valence-corrected chi connectivity index (χ2v) is 7.48. The maximum absolute atomic E-state index is 4.94. The van der Waals surface area contributed by atoms with E-state index >= 15 is 0 Å². The Balaban J connectivity index is 2.13. The standard InChI is InChI=1S/C21H24N2S/c1-13(2)18-11-20(23(14(3)4)16(18)6)19-12-24-21(22-19)17-10-8-7-9-15(17)5/h7-12,14H,1H2,2-6H3. The van der Waals surface area contributed by atoms with Crippen LogP contribution in [0, 0.1) is 13.8 Å². The molecule has 0 atom stereocenters. The van der Waals surface area contributed by atoms with Crippen molar-refractivity contribution in [1.29, 1.82) is 0 Å². The molecular formula is C21H24N2S. The SMILES string of the molecule is C=C(C)c1cc(-c2csc(-c3ccccc3C)n2)n(C(C)C)c1C. The van der Waals surface area contributed by atoms with Gasteiger partial charge in [-0.25, -0.2) is 4.98 Å². The number of hydrogen-bond acceptors (Lipinski definition) is 2. The fourth-order valence-corrected chi connectivity index (χ4v) is 4.15. The molecule has 3 aromatic rings. The second-order valence-electron chi connectivity index (χ2n) is 6.63. The van der Waals surface area contributed by atoms with Gasteiger partial charge in [0.05, 0.1) is 11.4 Å². The number of nitrogens with zero attached hydrogens (tertiary/aromatic N) is 2. The maximum atomic E-state index is 4.94. The molecule has 124 valence electrons. The number of aryl methyl sites for hydroxylation is 1. The number of benzene rings is 1. The van der Waals surface area contributed by atoms with E-state index in [9.17, 15) is 0 Å². The third-order valence-electron chi connectivity index (χ3n) is 4.41. The lowest BCUT2D eigenvalue weighted by molar-refractivity contribution is 0.594. The van der Waals surface area contributed by atoms with Crippen LogP contribution in [-0.2, 0) is 0 Å². The van der Waals surface area contributed by atoms with E-state index < -0.39 is 0 Å². The van der Waals surface area contributed by atoms with E-state index in [1.807, 2.05) is 0 Å². The topological polar surface area (TPSA) is 17.8 Å². The van der Waals surface area contributed by atoms with E-state index in [-0.39, 0.29) is 0 Å². The summed E-state index contributed by atoms with van der Waals surface area (Å²) in [6.45, 7) is 14.9. The first-order valence-corrected chi connectivity index (χ1v) is 9.17. The molecule has 2 heterocycles. The molecule has 0 N–H and O–H groups in total. The van der Waals surface area contributed by atoms with E-state index in [1.165, 1.54) is 28.1 Å². The van der Waals surface area contributed by atoms with E-state index in [4.69, 9.17) is 4.98 Å². The first-order valence-electron chi connectivity index (χ1n) is 8.29. The zero-order chi connectivity index (χ0) is 17.4. The van der Waals surface area contributed by atoms with Gasteiger partial charge in [0.25, 0.3) is 0 Å². The Bertz CT molecular complexity index is 896. The van der Waals surface area contributed by atoms with Crippen molar-refractivity contribution >= 4 is 16.9 Å². The minimum atomic E-state index is 0.386. The molecule has 0 saturated carbocycles. The van der Waals surface area contributed by atoms with Gasteiger partial charge in [-0.15, -0.1) is 11.3 Å². The number of allylic oxidation sites excluding steroid dienone is 1. The summed E-state index contributed by atoms with van der Waals surface area (Å²) < 4.78 is 2.36. The van der Waals surface area contributed by atoms with E-state index in [1.54, 1.807) is 11.3 Å². The molecule has 0 bridgehead atoms. The lowest BCUT2D eigenvalue weighted by atomic mass is 10.1. The summed E-state index contributed by atoms with van der Waals surface area (Å²) in [7, 11) is 0. The van der Waals surface area contributed by atoms with Gasteiger partial charge in [-0.2, -0.15) is 0 Å². The minimum absolute atomic E-state index is 0.386. The fourth-order valence-electron chi connectivity index (χ4n) is 3.24. The summed E-state index contributed by atoms with van der Waals surface area (Å²) >= 11 is 1.71. The van der Waals surface area contributed by atoms with Crippen LogP contribution in [0.25, 0.3) is 27.5 Å². The van der Waals surface area contributed by atoms with Crippen LogP contribution in [0.3, 0.4) is 0 Å². The molecule has 3 rings (SSSR count). The third-order valence-corrected chi connectivity index (χ3v) is 5.29. The Labute approximate surface area is 148 Å². The summed E-state index contributed by atoms with van der Waals surface area (Å²) in [5.41, 5.74) is 8.29. The molecule has 2 aromatic heterocycles. The molecular weight excluding hydrogens is 312 g/mol. The van der Waals surface area contributed by atoms with Crippen molar-refractivity contribution in [2.75, 3.05) is 0 Å². The summed E-state index contributed by atoms with van der Waals surface area (Å²) in [5, 5.41) is 3.24. The van der Waals surface area contributed by atoms with Gasteiger partial charge in [0.15, 0.2) is 0 Å². The molecule has 0 aliphatic heterocycles. The van der Waals surface area contributed by atoms with Crippen LogP contribution in [0.15, 0.2) is 42.3 Å². The molecule has 0 aliphatic carbocycles. The average molecular weight is 337 g/mol. The maximum Gasteiger partial charge on any atom is 0.124 e. The van der Waals surface area contributed by atoms with Crippen LogP contribution >= 0.6 is 11.3 Å². The quantitative estimate of drug-likeness (QED) is 0.531.